The van der Waals surface area contributed by atoms with E-state index in [0.717, 1.165) is 12.8 Å². The lowest BCUT2D eigenvalue weighted by Crippen LogP contribution is -2.18. The minimum absolute atomic E-state index is 0.108. The molecular weight excluding hydrogens is 270 g/mol. The molecule has 0 aliphatic carbocycles. The minimum atomic E-state index is -0.151. The molecular formula is C14H17N5O2. The fourth-order valence-electron chi connectivity index (χ4n) is 1.93. The summed E-state index contributed by atoms with van der Waals surface area (Å²) >= 11 is 0. The molecule has 0 aliphatic heterocycles. The molecule has 1 amide bonds. The summed E-state index contributed by atoms with van der Waals surface area (Å²) in [5.74, 6) is 0.0699. The Labute approximate surface area is 121 Å². The zero-order valence-corrected chi connectivity index (χ0v) is 11.4. The number of carbonyl (C=O) groups is 1. The molecule has 21 heavy (non-hydrogen) atoms. The molecule has 2 aromatic rings. The van der Waals surface area contributed by atoms with Crippen molar-refractivity contribution < 1.29 is 10.0 Å². The first kappa shape index (κ1) is 14.6. The van der Waals surface area contributed by atoms with Crippen molar-refractivity contribution in [2.24, 2.45) is 10.9 Å². The van der Waals surface area contributed by atoms with Crippen LogP contribution in [0.15, 0.2) is 41.7 Å². The van der Waals surface area contributed by atoms with Crippen molar-refractivity contribution in [1.82, 2.24) is 10.2 Å². The first-order valence-corrected chi connectivity index (χ1v) is 6.55. The second kappa shape index (κ2) is 7.09. The lowest BCUT2D eigenvalue weighted by molar-refractivity contribution is -0.116. The van der Waals surface area contributed by atoms with Gasteiger partial charge in [-0.1, -0.05) is 35.5 Å². The number of H-pyrrole nitrogens is 1. The summed E-state index contributed by atoms with van der Waals surface area (Å²) in [6.45, 7) is 0. The summed E-state index contributed by atoms with van der Waals surface area (Å²) in [5.41, 5.74) is 7.03. The first-order chi connectivity index (χ1) is 10.2. The van der Waals surface area contributed by atoms with Crippen molar-refractivity contribution in [3.05, 3.63) is 47.7 Å². The van der Waals surface area contributed by atoms with Gasteiger partial charge < -0.3 is 16.3 Å². The molecule has 2 rings (SSSR count). The average molecular weight is 287 g/mol. The number of nitrogens with two attached hydrogens (primary N) is 1. The Bertz CT molecular complexity index is 621. The topological polar surface area (TPSA) is 116 Å². The quantitative estimate of drug-likeness (QED) is 0.278. The van der Waals surface area contributed by atoms with Crippen LogP contribution in [-0.2, 0) is 11.2 Å². The molecule has 0 aliphatic rings. The maximum Gasteiger partial charge on any atom is 0.225 e. The number of aryl methyl sites for hydroxylation is 1. The van der Waals surface area contributed by atoms with Gasteiger partial charge in [-0.15, -0.1) is 0 Å². The summed E-state index contributed by atoms with van der Waals surface area (Å²) in [4.78, 5) is 11.9. The Balaban J connectivity index is 1.84. The molecule has 1 aromatic heterocycles. The maximum atomic E-state index is 11.9. The van der Waals surface area contributed by atoms with Crippen molar-refractivity contribution in [3.63, 3.8) is 0 Å². The summed E-state index contributed by atoms with van der Waals surface area (Å²) in [7, 11) is 0. The molecule has 5 N–H and O–H groups in total. The van der Waals surface area contributed by atoms with E-state index in [1.807, 2.05) is 30.3 Å². The van der Waals surface area contributed by atoms with E-state index in [1.165, 1.54) is 11.8 Å². The van der Waals surface area contributed by atoms with Crippen molar-refractivity contribution in [2.75, 3.05) is 5.32 Å². The van der Waals surface area contributed by atoms with Crippen LogP contribution < -0.4 is 11.1 Å². The van der Waals surface area contributed by atoms with Crippen molar-refractivity contribution >= 4 is 17.6 Å². The lowest BCUT2D eigenvalue weighted by atomic mass is 10.1. The highest BCUT2D eigenvalue weighted by Crippen LogP contribution is 2.11. The number of hydrogen-bond acceptors (Lipinski definition) is 4. The van der Waals surface area contributed by atoms with Gasteiger partial charge in [-0.25, -0.2) is 0 Å². The van der Waals surface area contributed by atoms with Crippen molar-refractivity contribution in [3.8, 4) is 0 Å². The molecule has 0 saturated heterocycles. The number of aromatic nitrogens is 2. The molecule has 0 unspecified atom stereocenters. The monoisotopic (exact) mass is 287 g/mol. The van der Waals surface area contributed by atoms with Crippen LogP contribution in [0.4, 0.5) is 5.82 Å². The normalized spacial score (nSPS) is 11.3. The number of carbonyl (C=O) groups excluding carboxylic acids is 1. The zero-order valence-electron chi connectivity index (χ0n) is 11.4. The van der Waals surface area contributed by atoms with Gasteiger partial charge in [-0.2, -0.15) is 5.10 Å². The van der Waals surface area contributed by atoms with Crippen LogP contribution in [-0.4, -0.2) is 27.1 Å². The predicted octanol–water partition coefficient (Wildman–Crippen LogP) is 1.47. The van der Waals surface area contributed by atoms with E-state index in [9.17, 15) is 4.79 Å². The first-order valence-electron chi connectivity index (χ1n) is 6.55. The molecule has 0 atom stereocenters. The largest absolute Gasteiger partial charge is 0.409 e. The molecule has 0 fully saturated rings. The predicted molar refractivity (Wildman–Crippen MR) is 79.1 cm³/mol. The Hall–Kier alpha value is -2.83. The van der Waals surface area contributed by atoms with Gasteiger partial charge in [0.05, 0.1) is 11.8 Å². The SMILES string of the molecule is NC(=NO)c1cn[nH]c1NC(=O)CCCc1ccccc1. The third-order valence-electron chi connectivity index (χ3n) is 3.00. The van der Waals surface area contributed by atoms with E-state index in [2.05, 4.69) is 20.7 Å². The van der Waals surface area contributed by atoms with Gasteiger partial charge >= 0.3 is 0 Å². The maximum absolute atomic E-state index is 11.9. The van der Waals surface area contributed by atoms with E-state index >= 15 is 0 Å². The van der Waals surface area contributed by atoms with E-state index in [4.69, 9.17) is 10.9 Å². The molecule has 110 valence electrons. The van der Waals surface area contributed by atoms with Gasteiger partial charge in [0.2, 0.25) is 5.91 Å². The van der Waals surface area contributed by atoms with Crippen LogP contribution in [0, 0.1) is 0 Å². The smallest absolute Gasteiger partial charge is 0.225 e. The standard InChI is InChI=1S/C14H17N5O2/c15-13(19-21)11-9-16-18-14(11)17-12(20)8-4-7-10-5-2-1-3-6-10/h1-3,5-6,9,21H,4,7-8H2,(H2,15,19)(H2,16,17,18,20). The second-order valence-corrected chi connectivity index (χ2v) is 4.53. The molecule has 0 saturated carbocycles. The Kier molecular flexibility index (Phi) is 4.92. The number of amidine groups is 1. The van der Waals surface area contributed by atoms with Crippen LogP contribution in [0.2, 0.25) is 0 Å². The number of oxime groups is 1. The van der Waals surface area contributed by atoms with Gasteiger partial charge in [-0.3, -0.25) is 9.89 Å². The fourth-order valence-corrected chi connectivity index (χ4v) is 1.93. The molecule has 7 heteroatoms. The number of benzene rings is 1. The van der Waals surface area contributed by atoms with Gasteiger partial charge in [0.15, 0.2) is 5.84 Å². The number of nitrogens with one attached hydrogen (secondary N) is 2. The Morgan fingerprint density at radius 1 is 1.38 bits per heavy atom. The molecule has 1 aromatic carbocycles. The van der Waals surface area contributed by atoms with Crippen LogP contribution >= 0.6 is 0 Å². The highest BCUT2D eigenvalue weighted by Gasteiger charge is 2.12. The molecule has 0 bridgehead atoms. The summed E-state index contributed by atoms with van der Waals surface area (Å²) in [6, 6.07) is 9.97. The zero-order chi connectivity index (χ0) is 15.1. The number of aromatic amines is 1. The Morgan fingerprint density at radius 3 is 2.86 bits per heavy atom. The van der Waals surface area contributed by atoms with Crippen molar-refractivity contribution in [1.29, 1.82) is 0 Å². The Morgan fingerprint density at radius 2 is 2.14 bits per heavy atom. The summed E-state index contributed by atoms with van der Waals surface area (Å²) in [5, 5.41) is 20.6. The molecule has 1 heterocycles. The highest BCUT2D eigenvalue weighted by molar-refractivity contribution is 6.04. The number of anilines is 1. The number of amides is 1. The second-order valence-electron chi connectivity index (χ2n) is 4.53. The number of rotatable bonds is 6. The molecule has 7 nitrogen and oxygen atoms in total. The number of nitrogens with zero attached hydrogens (tertiary/aromatic N) is 2. The number of hydrogen-bond donors (Lipinski definition) is 4. The van der Waals surface area contributed by atoms with Crippen molar-refractivity contribution in [2.45, 2.75) is 19.3 Å². The van der Waals surface area contributed by atoms with Crippen LogP contribution in [0.1, 0.15) is 24.0 Å². The van der Waals surface area contributed by atoms with Crippen LogP contribution in [0.5, 0.6) is 0 Å². The van der Waals surface area contributed by atoms with E-state index in [-0.39, 0.29) is 11.7 Å². The average Bonchev–Trinajstić information content (AvgIpc) is 2.95. The highest BCUT2D eigenvalue weighted by atomic mass is 16.4. The van der Waals surface area contributed by atoms with Gasteiger partial charge in [0.1, 0.15) is 5.82 Å². The third-order valence-corrected chi connectivity index (χ3v) is 3.00. The van der Waals surface area contributed by atoms with E-state index in [0.29, 0.717) is 17.8 Å². The minimum Gasteiger partial charge on any atom is -0.409 e. The summed E-state index contributed by atoms with van der Waals surface area (Å²) in [6.07, 6.45) is 3.34. The van der Waals surface area contributed by atoms with E-state index < -0.39 is 0 Å². The fraction of sp³-hybridized carbons (Fsp3) is 0.214. The molecule has 0 radical (unpaired) electrons. The lowest BCUT2D eigenvalue weighted by Gasteiger charge is -2.05. The van der Waals surface area contributed by atoms with E-state index in [1.54, 1.807) is 0 Å². The third kappa shape index (κ3) is 4.07. The van der Waals surface area contributed by atoms with Crippen LogP contribution in [0.3, 0.4) is 0 Å². The van der Waals surface area contributed by atoms with Gasteiger partial charge in [-0.05, 0) is 18.4 Å². The van der Waals surface area contributed by atoms with Gasteiger partial charge in [0.25, 0.3) is 0 Å². The summed E-state index contributed by atoms with van der Waals surface area (Å²) < 4.78 is 0. The van der Waals surface area contributed by atoms with Gasteiger partial charge in [0, 0.05) is 6.42 Å². The van der Waals surface area contributed by atoms with Crippen LogP contribution in [0.25, 0.3) is 0 Å². The molecule has 0 spiro atoms.